The smallest absolute Gasteiger partial charge is 0.306 e. The normalized spacial score (nSPS) is 11.2. The first kappa shape index (κ1) is 21.2. The highest BCUT2D eigenvalue weighted by Crippen LogP contribution is 2.44. The highest BCUT2D eigenvalue weighted by Gasteiger charge is 2.29. The van der Waals surface area contributed by atoms with Crippen LogP contribution >= 0.6 is 14.7 Å². The molecule has 0 amide bonds. The summed E-state index contributed by atoms with van der Waals surface area (Å²) in [5, 5.41) is 1.39. The fourth-order valence-electron chi connectivity index (χ4n) is 2.13. The molecule has 0 spiro atoms. The lowest BCUT2D eigenvalue weighted by atomic mass is 10.3. The van der Waals surface area contributed by atoms with Gasteiger partial charge in [-0.15, -0.1) is 0 Å². The Hall–Kier alpha value is -2.12. The van der Waals surface area contributed by atoms with Gasteiger partial charge >= 0.3 is 7.37 Å². The van der Waals surface area contributed by atoms with Gasteiger partial charge in [-0.05, 0) is 36.4 Å². The average molecular weight is 402 g/mol. The fourth-order valence-corrected chi connectivity index (χ4v) is 4.19. The third kappa shape index (κ3) is 6.52. The maximum Gasteiger partial charge on any atom is 0.306 e. The van der Waals surface area contributed by atoms with E-state index in [1.165, 1.54) is 7.11 Å². The maximum absolute atomic E-state index is 13.6. The van der Waals surface area contributed by atoms with E-state index in [2.05, 4.69) is 4.52 Å². The molecule has 27 heavy (non-hydrogen) atoms. The lowest BCUT2D eigenvalue weighted by molar-refractivity contribution is 0.404. The largest absolute Gasteiger partial charge is 0.437 e. The van der Waals surface area contributed by atoms with Gasteiger partial charge in [0.1, 0.15) is 5.75 Å². The molecule has 0 fully saturated rings. The number of hydrogen-bond donors (Lipinski definition) is 0. The SMILES string of the molecule is COP(C)(C)=O.O=P(Oc1ccccc1)(c1ccccc1)c1ccccc1. The molecule has 0 N–H and O–H groups in total. The van der Waals surface area contributed by atoms with E-state index in [1.807, 2.05) is 91.0 Å². The van der Waals surface area contributed by atoms with Crippen LogP contribution in [0.3, 0.4) is 0 Å². The summed E-state index contributed by atoms with van der Waals surface area (Å²) in [5.74, 6) is 0.605. The molecule has 0 radical (unpaired) electrons. The average Bonchev–Trinajstić information content (AvgIpc) is 2.70. The zero-order valence-corrected chi connectivity index (χ0v) is 17.5. The van der Waals surface area contributed by atoms with Crippen molar-refractivity contribution < 1.29 is 18.2 Å². The van der Waals surface area contributed by atoms with Gasteiger partial charge in [0.2, 0.25) is 0 Å². The molecule has 0 aromatic heterocycles. The van der Waals surface area contributed by atoms with Gasteiger partial charge in [0.15, 0.2) is 7.37 Å². The van der Waals surface area contributed by atoms with E-state index in [4.69, 9.17) is 4.52 Å². The van der Waals surface area contributed by atoms with Crippen molar-refractivity contribution in [2.24, 2.45) is 0 Å². The minimum absolute atomic E-state index is 0.605. The van der Waals surface area contributed by atoms with Crippen molar-refractivity contribution >= 4 is 25.3 Å². The third-order valence-electron chi connectivity index (χ3n) is 3.61. The molecule has 3 aromatic rings. The van der Waals surface area contributed by atoms with Crippen molar-refractivity contribution in [2.45, 2.75) is 0 Å². The van der Waals surface area contributed by atoms with E-state index >= 15 is 0 Å². The highest BCUT2D eigenvalue weighted by atomic mass is 31.2. The molecule has 0 aliphatic carbocycles. The summed E-state index contributed by atoms with van der Waals surface area (Å²) in [7, 11) is -3.85. The topological polar surface area (TPSA) is 52.6 Å². The van der Waals surface area contributed by atoms with E-state index < -0.39 is 14.7 Å². The Balaban J connectivity index is 0.000000380. The highest BCUT2D eigenvalue weighted by molar-refractivity contribution is 7.74. The van der Waals surface area contributed by atoms with E-state index in [1.54, 1.807) is 13.3 Å². The second-order valence-electron chi connectivity index (χ2n) is 6.06. The van der Waals surface area contributed by atoms with Crippen LogP contribution in [-0.2, 0) is 13.7 Å². The van der Waals surface area contributed by atoms with E-state index in [-0.39, 0.29) is 0 Å². The van der Waals surface area contributed by atoms with Crippen LogP contribution in [0.15, 0.2) is 91.0 Å². The summed E-state index contributed by atoms with van der Waals surface area (Å²) < 4.78 is 34.3. The molecule has 3 rings (SSSR count). The fraction of sp³-hybridized carbons (Fsp3) is 0.143. The van der Waals surface area contributed by atoms with Crippen LogP contribution < -0.4 is 15.1 Å². The Bertz CT molecular complexity index is 863. The van der Waals surface area contributed by atoms with Crippen LogP contribution in [0, 0.1) is 0 Å². The summed E-state index contributed by atoms with van der Waals surface area (Å²) >= 11 is 0. The third-order valence-corrected chi connectivity index (χ3v) is 6.91. The summed E-state index contributed by atoms with van der Waals surface area (Å²) in [6, 6.07) is 28.0. The van der Waals surface area contributed by atoms with Crippen LogP contribution in [0.1, 0.15) is 0 Å². The second-order valence-corrected chi connectivity index (χ2v) is 11.2. The zero-order valence-electron chi connectivity index (χ0n) is 15.7. The van der Waals surface area contributed by atoms with Gasteiger partial charge < -0.3 is 9.05 Å². The zero-order chi connectivity index (χ0) is 19.8. The predicted octanol–water partition coefficient (Wildman–Crippen LogP) is 5.17. The van der Waals surface area contributed by atoms with Crippen molar-refractivity contribution in [1.82, 2.24) is 0 Å². The van der Waals surface area contributed by atoms with Crippen LogP contribution in [0.2, 0.25) is 0 Å². The van der Waals surface area contributed by atoms with Crippen LogP contribution in [0.4, 0.5) is 0 Å². The molecule has 6 heteroatoms. The Labute approximate surface area is 161 Å². The number of benzene rings is 3. The molecule has 0 atom stereocenters. The van der Waals surface area contributed by atoms with Gasteiger partial charge in [0.25, 0.3) is 0 Å². The monoisotopic (exact) mass is 402 g/mol. The molecule has 0 saturated heterocycles. The van der Waals surface area contributed by atoms with Crippen LogP contribution in [0.25, 0.3) is 0 Å². The molecule has 0 aliphatic rings. The second kappa shape index (κ2) is 9.71. The molecule has 0 bridgehead atoms. The molecule has 3 aromatic carbocycles. The number of hydrogen-bond acceptors (Lipinski definition) is 4. The molecule has 0 heterocycles. The van der Waals surface area contributed by atoms with Crippen molar-refractivity contribution in [3.05, 3.63) is 91.0 Å². The summed E-state index contributed by atoms with van der Waals surface area (Å²) in [6.07, 6.45) is 0. The first-order chi connectivity index (χ1) is 12.8. The van der Waals surface area contributed by atoms with E-state index in [0.29, 0.717) is 16.4 Å². The van der Waals surface area contributed by atoms with Crippen LogP contribution in [-0.4, -0.2) is 20.4 Å². The quantitative estimate of drug-likeness (QED) is 0.553. The Morgan fingerprint density at radius 1 is 0.630 bits per heavy atom. The van der Waals surface area contributed by atoms with E-state index in [0.717, 1.165) is 0 Å². The van der Waals surface area contributed by atoms with Crippen molar-refractivity contribution in [2.75, 3.05) is 20.4 Å². The number of rotatable bonds is 5. The maximum atomic E-state index is 13.6. The predicted molar refractivity (Wildman–Crippen MR) is 113 cm³/mol. The van der Waals surface area contributed by atoms with Crippen LogP contribution in [0.5, 0.6) is 5.75 Å². The lowest BCUT2D eigenvalue weighted by Crippen LogP contribution is -2.19. The molecular formula is C21H24O4P2. The Morgan fingerprint density at radius 2 is 0.963 bits per heavy atom. The first-order valence-corrected chi connectivity index (χ1v) is 12.6. The van der Waals surface area contributed by atoms with Crippen molar-refractivity contribution in [3.8, 4) is 5.75 Å². The van der Waals surface area contributed by atoms with Gasteiger partial charge in [0.05, 0.1) is 10.6 Å². The van der Waals surface area contributed by atoms with Gasteiger partial charge in [0, 0.05) is 20.4 Å². The molecule has 0 aliphatic heterocycles. The molecule has 0 saturated carbocycles. The van der Waals surface area contributed by atoms with Gasteiger partial charge in [-0.1, -0.05) is 54.6 Å². The van der Waals surface area contributed by atoms with E-state index in [9.17, 15) is 9.13 Å². The minimum Gasteiger partial charge on any atom is -0.437 e. The summed E-state index contributed by atoms with van der Waals surface area (Å²) in [6.45, 7) is 3.15. The standard InChI is InChI=1S/C18H15O2P.C3H9O2P/c19-21(17-12-6-2-7-13-17,18-14-8-3-9-15-18)20-16-10-4-1-5-11-16;1-5-6(2,3)4/h1-15H;1-3H3. The van der Waals surface area contributed by atoms with Crippen molar-refractivity contribution in [1.29, 1.82) is 0 Å². The lowest BCUT2D eigenvalue weighted by Gasteiger charge is -2.20. The van der Waals surface area contributed by atoms with Gasteiger partial charge in [-0.3, -0.25) is 9.13 Å². The molecule has 4 nitrogen and oxygen atoms in total. The first-order valence-electron chi connectivity index (χ1n) is 8.42. The van der Waals surface area contributed by atoms with Gasteiger partial charge in [-0.25, -0.2) is 0 Å². The molecule has 142 valence electrons. The van der Waals surface area contributed by atoms with Crippen molar-refractivity contribution in [3.63, 3.8) is 0 Å². The Morgan fingerprint density at radius 3 is 1.30 bits per heavy atom. The summed E-state index contributed by atoms with van der Waals surface area (Å²) in [5.41, 5.74) is 0. The number of para-hydroxylation sites is 1. The summed E-state index contributed by atoms with van der Waals surface area (Å²) in [4.78, 5) is 0. The van der Waals surface area contributed by atoms with Gasteiger partial charge in [-0.2, -0.15) is 0 Å². The Kier molecular flexibility index (Phi) is 7.62. The molecule has 0 unspecified atom stereocenters. The molecular weight excluding hydrogens is 378 g/mol. The minimum atomic E-state index is -3.15.